The molecule has 2 heteroatoms. The van der Waals surface area contributed by atoms with Gasteiger partial charge in [0.2, 0.25) is 0 Å². The van der Waals surface area contributed by atoms with E-state index in [2.05, 4.69) is 0 Å². The zero-order chi connectivity index (χ0) is 11.3. The van der Waals surface area contributed by atoms with Crippen LogP contribution in [0.2, 0.25) is 0 Å². The summed E-state index contributed by atoms with van der Waals surface area (Å²) in [5.41, 5.74) is 2.22. The molecule has 0 bridgehead atoms. The van der Waals surface area contributed by atoms with E-state index in [0.717, 1.165) is 24.0 Å². The van der Waals surface area contributed by atoms with Crippen molar-refractivity contribution in [2.45, 2.75) is 33.1 Å². The topological polar surface area (TPSA) is 26.3 Å². The monoisotopic (exact) mass is 206 g/mol. The summed E-state index contributed by atoms with van der Waals surface area (Å²) in [5.74, 6) is 0.901. The molecule has 0 amide bonds. The number of aldehydes is 1. The fourth-order valence-corrected chi connectivity index (χ4v) is 1.68. The molecule has 0 aromatic heterocycles. The van der Waals surface area contributed by atoms with Gasteiger partial charge in [-0.2, -0.15) is 0 Å². The molecule has 1 aromatic carbocycles. The minimum Gasteiger partial charge on any atom is -0.493 e. The van der Waals surface area contributed by atoms with Crippen molar-refractivity contribution >= 4 is 6.29 Å². The molecule has 15 heavy (non-hydrogen) atoms. The summed E-state index contributed by atoms with van der Waals surface area (Å²) in [5, 5.41) is 0. The maximum absolute atomic E-state index is 10.8. The summed E-state index contributed by atoms with van der Waals surface area (Å²) in [6.07, 6.45) is 1.82. The molecule has 1 unspecified atom stereocenters. The van der Waals surface area contributed by atoms with Gasteiger partial charge in [-0.3, -0.25) is 0 Å². The Morgan fingerprint density at radius 2 is 2.13 bits per heavy atom. The Hall–Kier alpha value is -1.31. The van der Waals surface area contributed by atoms with Gasteiger partial charge in [0.1, 0.15) is 12.0 Å². The van der Waals surface area contributed by atoms with Gasteiger partial charge in [-0.05, 0) is 19.4 Å². The normalized spacial score (nSPS) is 17.9. The van der Waals surface area contributed by atoms with Crippen LogP contribution in [-0.2, 0) is 4.79 Å². The zero-order valence-electron chi connectivity index (χ0n) is 9.62. The number of ether oxygens (including phenoxy) is 1. The highest BCUT2D eigenvalue weighted by Crippen LogP contribution is 2.32. The summed E-state index contributed by atoms with van der Waals surface area (Å²) in [6, 6.07) is 5.99. The molecule has 2 rings (SSSR count). The van der Waals surface area contributed by atoms with Crippen molar-refractivity contribution < 1.29 is 9.53 Å². The van der Waals surface area contributed by atoms with Crippen LogP contribution in [0.4, 0.5) is 0 Å². The van der Waals surface area contributed by atoms with Gasteiger partial charge in [-0.25, -0.2) is 0 Å². The Morgan fingerprint density at radius 1 is 1.40 bits per heavy atom. The first kappa shape index (κ1) is 11.8. The van der Waals surface area contributed by atoms with Crippen LogP contribution >= 0.6 is 0 Å². The van der Waals surface area contributed by atoms with Crippen molar-refractivity contribution in [1.82, 2.24) is 0 Å². The molecule has 0 saturated carbocycles. The van der Waals surface area contributed by atoms with Crippen molar-refractivity contribution in [2.24, 2.45) is 0 Å². The van der Waals surface area contributed by atoms with Gasteiger partial charge < -0.3 is 9.53 Å². The Morgan fingerprint density at radius 3 is 2.80 bits per heavy atom. The second kappa shape index (κ2) is 5.54. The molecule has 2 nitrogen and oxygen atoms in total. The first-order valence-electron chi connectivity index (χ1n) is 5.50. The van der Waals surface area contributed by atoms with Crippen molar-refractivity contribution in [3.05, 3.63) is 29.3 Å². The lowest BCUT2D eigenvalue weighted by Crippen LogP contribution is -2.15. The molecular weight excluding hydrogens is 188 g/mol. The number of carbonyl (C=O) groups is 1. The van der Waals surface area contributed by atoms with Gasteiger partial charge in [0.05, 0.1) is 6.61 Å². The Balaban J connectivity index is 0.000000531. The van der Waals surface area contributed by atoms with E-state index in [9.17, 15) is 4.79 Å². The van der Waals surface area contributed by atoms with Gasteiger partial charge in [-0.15, -0.1) is 0 Å². The molecular formula is C13H18O2. The van der Waals surface area contributed by atoms with Gasteiger partial charge >= 0.3 is 0 Å². The molecule has 0 aliphatic carbocycles. The van der Waals surface area contributed by atoms with E-state index in [1.807, 2.05) is 39.0 Å². The first-order valence-corrected chi connectivity index (χ1v) is 5.50. The van der Waals surface area contributed by atoms with Crippen molar-refractivity contribution in [2.75, 3.05) is 6.61 Å². The largest absolute Gasteiger partial charge is 0.493 e. The highest BCUT2D eigenvalue weighted by molar-refractivity contribution is 5.65. The van der Waals surface area contributed by atoms with Crippen LogP contribution < -0.4 is 4.74 Å². The molecule has 1 heterocycles. The summed E-state index contributed by atoms with van der Waals surface area (Å²) < 4.78 is 5.45. The number of benzene rings is 1. The van der Waals surface area contributed by atoms with Crippen LogP contribution in [-0.4, -0.2) is 12.9 Å². The lowest BCUT2D eigenvalue weighted by atomic mass is 9.93. The predicted octanol–water partition coefficient (Wildman–Crippen LogP) is 3.09. The molecule has 82 valence electrons. The van der Waals surface area contributed by atoms with Crippen LogP contribution in [0.5, 0.6) is 5.75 Å². The number of rotatable bonds is 1. The molecule has 0 fully saturated rings. The predicted molar refractivity (Wildman–Crippen MR) is 61.4 cm³/mol. The van der Waals surface area contributed by atoms with Crippen LogP contribution in [0, 0.1) is 6.92 Å². The minimum absolute atomic E-state index is 0.0312. The molecule has 1 aromatic rings. The third-order valence-electron chi connectivity index (χ3n) is 2.42. The standard InChI is InChI=1S/C11H12O2.C2H6/c1-8-2-3-11-10(6-8)9(7-12)4-5-13-11;1-2/h2-3,6-7,9H,4-5H2,1H3;1-2H3. The van der Waals surface area contributed by atoms with Gasteiger partial charge in [0.25, 0.3) is 0 Å². The minimum atomic E-state index is 0.0312. The quantitative estimate of drug-likeness (QED) is 0.660. The second-order valence-corrected chi connectivity index (χ2v) is 3.42. The fraction of sp³-hybridized carbons (Fsp3) is 0.462. The molecule has 1 aliphatic rings. The molecule has 1 atom stereocenters. The highest BCUT2D eigenvalue weighted by atomic mass is 16.5. The first-order chi connectivity index (χ1) is 7.31. The van der Waals surface area contributed by atoms with Crippen LogP contribution in [0.1, 0.15) is 37.3 Å². The lowest BCUT2D eigenvalue weighted by Gasteiger charge is -2.22. The van der Waals surface area contributed by atoms with E-state index in [4.69, 9.17) is 4.74 Å². The third kappa shape index (κ3) is 2.58. The molecule has 0 saturated heterocycles. The Bertz CT molecular complexity index is 331. The van der Waals surface area contributed by atoms with Crippen LogP contribution in [0.15, 0.2) is 18.2 Å². The molecule has 1 aliphatic heterocycles. The van der Waals surface area contributed by atoms with E-state index >= 15 is 0 Å². The van der Waals surface area contributed by atoms with E-state index in [1.54, 1.807) is 0 Å². The van der Waals surface area contributed by atoms with Crippen molar-refractivity contribution in [1.29, 1.82) is 0 Å². The Kier molecular flexibility index (Phi) is 4.35. The number of hydrogen-bond acceptors (Lipinski definition) is 2. The summed E-state index contributed by atoms with van der Waals surface area (Å²) in [7, 11) is 0. The average Bonchev–Trinajstić information content (AvgIpc) is 2.31. The lowest BCUT2D eigenvalue weighted by molar-refractivity contribution is -0.109. The number of aryl methyl sites for hydroxylation is 1. The summed E-state index contributed by atoms with van der Waals surface area (Å²) in [4.78, 5) is 10.8. The Labute approximate surface area is 91.3 Å². The number of hydrogen-bond donors (Lipinski definition) is 0. The summed E-state index contributed by atoms with van der Waals surface area (Å²) >= 11 is 0. The van der Waals surface area contributed by atoms with E-state index in [-0.39, 0.29) is 5.92 Å². The SMILES string of the molecule is CC.Cc1ccc2c(c1)C(C=O)CCO2. The van der Waals surface area contributed by atoms with Crippen molar-refractivity contribution in [3.63, 3.8) is 0 Å². The maximum Gasteiger partial charge on any atom is 0.127 e. The second-order valence-electron chi connectivity index (χ2n) is 3.42. The smallest absolute Gasteiger partial charge is 0.127 e. The van der Waals surface area contributed by atoms with E-state index in [1.165, 1.54) is 5.56 Å². The van der Waals surface area contributed by atoms with Gasteiger partial charge in [0.15, 0.2) is 0 Å². The van der Waals surface area contributed by atoms with E-state index in [0.29, 0.717) is 6.61 Å². The third-order valence-corrected chi connectivity index (χ3v) is 2.42. The van der Waals surface area contributed by atoms with Crippen molar-refractivity contribution in [3.8, 4) is 5.75 Å². The van der Waals surface area contributed by atoms with Gasteiger partial charge in [0, 0.05) is 11.5 Å². The van der Waals surface area contributed by atoms with Crippen LogP contribution in [0.25, 0.3) is 0 Å². The summed E-state index contributed by atoms with van der Waals surface area (Å²) in [6.45, 7) is 6.68. The number of carbonyl (C=O) groups excluding carboxylic acids is 1. The average molecular weight is 206 g/mol. The fourth-order valence-electron chi connectivity index (χ4n) is 1.68. The highest BCUT2D eigenvalue weighted by Gasteiger charge is 2.20. The molecule has 0 spiro atoms. The molecule has 0 N–H and O–H groups in total. The van der Waals surface area contributed by atoms with E-state index < -0.39 is 0 Å². The number of fused-ring (bicyclic) bond motifs is 1. The van der Waals surface area contributed by atoms with Gasteiger partial charge in [-0.1, -0.05) is 31.5 Å². The molecule has 0 radical (unpaired) electrons. The maximum atomic E-state index is 10.8. The van der Waals surface area contributed by atoms with Crippen LogP contribution in [0.3, 0.4) is 0 Å². The zero-order valence-corrected chi connectivity index (χ0v) is 9.62.